The second-order valence-electron chi connectivity index (χ2n) is 6.72. The Kier molecular flexibility index (Phi) is 5.01. The van der Waals surface area contributed by atoms with Gasteiger partial charge in [0.25, 0.3) is 0 Å². The number of rotatable bonds is 5. The van der Waals surface area contributed by atoms with E-state index >= 15 is 0 Å². The average Bonchev–Trinajstić information content (AvgIpc) is 3.21. The van der Waals surface area contributed by atoms with Crippen LogP contribution < -0.4 is 20.1 Å². The first-order valence-corrected chi connectivity index (χ1v) is 9.19. The number of nitrogens with zero attached hydrogens (tertiary/aromatic N) is 3. The Morgan fingerprint density at radius 1 is 1.20 bits per heavy atom. The van der Waals surface area contributed by atoms with E-state index in [1.165, 1.54) is 19.5 Å². The van der Waals surface area contributed by atoms with Crippen LogP contribution in [0.15, 0.2) is 61.1 Å². The Bertz CT molecular complexity index is 1110. The first-order valence-electron chi connectivity index (χ1n) is 9.19. The van der Waals surface area contributed by atoms with Crippen LogP contribution in [0, 0.1) is 5.92 Å². The number of anilines is 2. The minimum atomic E-state index is -0.724. The number of aromatic hydroxyl groups is 1. The highest BCUT2D eigenvalue weighted by Gasteiger charge is 2.40. The summed E-state index contributed by atoms with van der Waals surface area (Å²) in [7, 11) is 3.01. The van der Waals surface area contributed by atoms with Gasteiger partial charge in [-0.1, -0.05) is 24.8 Å². The molecule has 30 heavy (non-hydrogen) atoms. The third-order valence-electron chi connectivity index (χ3n) is 4.99. The number of phenolic OH excluding ortho intramolecular Hbond substituents is 1. The van der Waals surface area contributed by atoms with Crippen molar-refractivity contribution in [3.05, 3.63) is 66.6 Å². The highest BCUT2D eigenvalue weighted by molar-refractivity contribution is 5.97. The molecule has 0 aliphatic carbocycles. The van der Waals surface area contributed by atoms with Gasteiger partial charge in [0.2, 0.25) is 11.9 Å². The summed E-state index contributed by atoms with van der Waals surface area (Å²) in [4.78, 5) is 17.6. The van der Waals surface area contributed by atoms with Crippen LogP contribution >= 0.6 is 0 Å². The Morgan fingerprint density at radius 2 is 1.97 bits per heavy atom. The third-order valence-corrected chi connectivity index (χ3v) is 4.99. The molecule has 3 aromatic rings. The summed E-state index contributed by atoms with van der Waals surface area (Å²) < 4.78 is 12.2. The monoisotopic (exact) mass is 407 g/mol. The quantitative estimate of drug-likeness (QED) is 0.596. The Hall–Kier alpha value is -4.01. The number of hydrogen-bond acceptors (Lipinski definition) is 7. The Morgan fingerprint density at radius 3 is 2.73 bits per heavy atom. The molecular formula is C21H21N5O4. The molecule has 0 fully saturated rings. The molecule has 154 valence electrons. The van der Waals surface area contributed by atoms with Crippen molar-refractivity contribution in [2.75, 3.05) is 24.9 Å². The predicted octanol–water partition coefficient (Wildman–Crippen LogP) is 2.78. The third kappa shape index (κ3) is 3.30. The summed E-state index contributed by atoms with van der Waals surface area (Å²) in [6.07, 6.45) is 1.40. The molecule has 1 aliphatic rings. The van der Waals surface area contributed by atoms with Crippen LogP contribution in [0.2, 0.25) is 0 Å². The molecule has 1 aromatic heterocycles. The lowest BCUT2D eigenvalue weighted by molar-refractivity contribution is -0.119. The van der Waals surface area contributed by atoms with Gasteiger partial charge in [-0.25, -0.2) is 4.68 Å². The zero-order valence-electron chi connectivity index (χ0n) is 16.5. The maximum absolute atomic E-state index is 13.4. The van der Waals surface area contributed by atoms with E-state index in [1.54, 1.807) is 36.1 Å². The highest BCUT2D eigenvalue weighted by atomic mass is 16.5. The van der Waals surface area contributed by atoms with Gasteiger partial charge in [0.1, 0.15) is 18.0 Å². The summed E-state index contributed by atoms with van der Waals surface area (Å²) in [5.74, 6) is 0.293. The second-order valence-corrected chi connectivity index (χ2v) is 6.72. The molecule has 1 amide bonds. The molecule has 0 spiro atoms. The van der Waals surface area contributed by atoms with Crippen molar-refractivity contribution < 1.29 is 19.4 Å². The number of phenols is 1. The van der Waals surface area contributed by atoms with Gasteiger partial charge < -0.3 is 25.2 Å². The van der Waals surface area contributed by atoms with Crippen molar-refractivity contribution >= 4 is 17.5 Å². The molecule has 1 aliphatic heterocycles. The molecule has 9 nitrogen and oxygen atoms in total. The number of fused-ring (bicyclic) bond motifs is 1. The fraction of sp³-hybridized carbons (Fsp3) is 0.190. The molecule has 9 heteroatoms. The second kappa shape index (κ2) is 7.78. The first kappa shape index (κ1) is 19.3. The van der Waals surface area contributed by atoms with Crippen molar-refractivity contribution in [1.29, 1.82) is 0 Å². The van der Waals surface area contributed by atoms with E-state index in [9.17, 15) is 9.90 Å². The summed E-state index contributed by atoms with van der Waals surface area (Å²) in [5, 5.41) is 20.2. The van der Waals surface area contributed by atoms with Crippen LogP contribution in [0.1, 0.15) is 11.6 Å². The number of benzene rings is 2. The number of carbonyl (C=O) groups is 1. The van der Waals surface area contributed by atoms with E-state index in [4.69, 9.17) is 9.47 Å². The summed E-state index contributed by atoms with van der Waals surface area (Å²) >= 11 is 0. The molecule has 0 bridgehead atoms. The maximum Gasteiger partial charge on any atom is 0.236 e. The molecule has 0 saturated carbocycles. The van der Waals surface area contributed by atoms with Crippen molar-refractivity contribution in [2.24, 2.45) is 5.92 Å². The molecule has 0 radical (unpaired) electrons. The van der Waals surface area contributed by atoms with Crippen LogP contribution in [0.25, 0.3) is 0 Å². The van der Waals surface area contributed by atoms with Gasteiger partial charge in [-0.3, -0.25) is 4.79 Å². The zero-order chi connectivity index (χ0) is 21.3. The van der Waals surface area contributed by atoms with E-state index in [0.717, 1.165) is 0 Å². The number of carbonyl (C=O) groups excluding carboxylic acids is 1. The van der Waals surface area contributed by atoms with Crippen molar-refractivity contribution in [2.45, 2.75) is 6.04 Å². The smallest absolute Gasteiger partial charge is 0.236 e. The maximum atomic E-state index is 13.4. The number of para-hydroxylation sites is 2. The molecule has 2 atom stereocenters. The first-order chi connectivity index (χ1) is 14.5. The van der Waals surface area contributed by atoms with E-state index in [1.807, 2.05) is 12.1 Å². The van der Waals surface area contributed by atoms with E-state index in [2.05, 4.69) is 27.3 Å². The molecule has 2 aromatic carbocycles. The zero-order valence-corrected chi connectivity index (χ0v) is 16.5. The lowest BCUT2D eigenvalue weighted by Gasteiger charge is -2.34. The standard InChI is InChI=1S/C21H21N5O4/c1-12-18(20(28)25-14-6-4-5-7-16(14)29-2)19(26-21(24-12)22-11-23-26)13-8-9-15(27)17(10-13)30-3/h4-11,18-19,27H,1H2,2-3H3,(H,25,28)(H,22,23,24). The minimum absolute atomic E-state index is 0.00264. The molecule has 3 N–H and O–H groups in total. The van der Waals surface area contributed by atoms with Crippen LogP contribution in [0.5, 0.6) is 17.2 Å². The van der Waals surface area contributed by atoms with E-state index in [-0.39, 0.29) is 11.7 Å². The highest BCUT2D eigenvalue weighted by Crippen LogP contribution is 2.40. The predicted molar refractivity (Wildman–Crippen MR) is 111 cm³/mol. The van der Waals surface area contributed by atoms with E-state index in [0.29, 0.717) is 34.4 Å². The van der Waals surface area contributed by atoms with Crippen LogP contribution in [-0.2, 0) is 4.79 Å². The SMILES string of the molecule is C=C1Nc2ncnn2C(c2ccc(O)c(OC)c2)C1C(=O)Nc1ccccc1OC. The summed E-state index contributed by atoms with van der Waals surface area (Å²) in [6.45, 7) is 4.05. The minimum Gasteiger partial charge on any atom is -0.504 e. The van der Waals surface area contributed by atoms with Crippen LogP contribution in [0.3, 0.4) is 0 Å². The Labute approximate surface area is 173 Å². The van der Waals surface area contributed by atoms with Crippen molar-refractivity contribution in [3.8, 4) is 17.2 Å². The normalized spacial score (nSPS) is 17.6. The molecule has 4 rings (SSSR count). The topological polar surface area (TPSA) is 111 Å². The lowest BCUT2D eigenvalue weighted by Crippen LogP contribution is -2.39. The van der Waals surface area contributed by atoms with E-state index < -0.39 is 12.0 Å². The molecular weight excluding hydrogens is 386 g/mol. The lowest BCUT2D eigenvalue weighted by atomic mass is 9.88. The van der Waals surface area contributed by atoms with Crippen molar-refractivity contribution in [3.63, 3.8) is 0 Å². The van der Waals surface area contributed by atoms with Crippen LogP contribution in [0.4, 0.5) is 11.6 Å². The van der Waals surface area contributed by atoms with Gasteiger partial charge in [-0.15, -0.1) is 0 Å². The number of ether oxygens (including phenoxy) is 2. The van der Waals surface area contributed by atoms with Crippen LogP contribution in [-0.4, -0.2) is 40.0 Å². The molecule has 2 heterocycles. The number of hydrogen-bond donors (Lipinski definition) is 3. The van der Waals surface area contributed by atoms with Gasteiger partial charge >= 0.3 is 0 Å². The van der Waals surface area contributed by atoms with Crippen molar-refractivity contribution in [1.82, 2.24) is 14.8 Å². The number of amides is 1. The number of nitrogens with one attached hydrogen (secondary N) is 2. The van der Waals surface area contributed by atoms with Gasteiger partial charge in [-0.2, -0.15) is 10.1 Å². The molecule has 0 saturated heterocycles. The largest absolute Gasteiger partial charge is 0.504 e. The van der Waals surface area contributed by atoms with Gasteiger partial charge in [-0.05, 0) is 29.8 Å². The number of methoxy groups -OCH3 is 2. The fourth-order valence-corrected chi connectivity index (χ4v) is 3.57. The van der Waals surface area contributed by atoms with Gasteiger partial charge in [0.15, 0.2) is 11.5 Å². The Balaban J connectivity index is 1.76. The van der Waals surface area contributed by atoms with Gasteiger partial charge in [0, 0.05) is 5.70 Å². The summed E-state index contributed by atoms with van der Waals surface area (Å²) in [5.41, 5.74) is 1.73. The average molecular weight is 407 g/mol. The summed E-state index contributed by atoms with van der Waals surface area (Å²) in [6, 6.07) is 11.5. The fourth-order valence-electron chi connectivity index (χ4n) is 3.57. The molecule has 2 unspecified atom stereocenters. The van der Waals surface area contributed by atoms with Gasteiger partial charge in [0.05, 0.1) is 25.9 Å². The number of aromatic nitrogens is 3.